The third-order valence-electron chi connectivity index (χ3n) is 2.55. The van der Waals surface area contributed by atoms with Gasteiger partial charge in [0.2, 0.25) is 5.13 Å². The van der Waals surface area contributed by atoms with Crippen LogP contribution in [-0.4, -0.2) is 21.2 Å². The predicted octanol–water partition coefficient (Wildman–Crippen LogP) is 2.93. The largest absolute Gasteiger partial charge is 0.507 e. The lowest BCUT2D eigenvalue weighted by Gasteiger charge is -2.04. The van der Waals surface area contributed by atoms with Crippen LogP contribution < -0.4 is 5.32 Å². The molecule has 1 amide bonds. The number of hydrogen-bond donors (Lipinski definition) is 2. The van der Waals surface area contributed by atoms with Crippen LogP contribution in [0.5, 0.6) is 5.75 Å². The number of aromatic nitrogens is 2. The Morgan fingerprint density at radius 1 is 1.37 bits per heavy atom. The molecule has 0 saturated carbocycles. The van der Waals surface area contributed by atoms with Crippen LogP contribution in [0.4, 0.5) is 5.13 Å². The molecule has 0 aliphatic rings. The maximum absolute atomic E-state index is 12.0. The molecule has 0 radical (unpaired) electrons. The highest BCUT2D eigenvalue weighted by Gasteiger charge is 2.14. The first-order chi connectivity index (χ1) is 8.97. The number of anilines is 1. The van der Waals surface area contributed by atoms with E-state index in [0.717, 1.165) is 10.6 Å². The molecule has 1 aromatic heterocycles. The Balaban J connectivity index is 2.16. The highest BCUT2D eigenvalue weighted by atomic mass is 32.1. The van der Waals surface area contributed by atoms with Crippen LogP contribution in [0, 0.1) is 6.92 Å². The van der Waals surface area contributed by atoms with E-state index in [1.807, 2.05) is 20.8 Å². The summed E-state index contributed by atoms with van der Waals surface area (Å²) >= 11 is 1.34. The van der Waals surface area contributed by atoms with Gasteiger partial charge in [-0.3, -0.25) is 10.1 Å². The van der Waals surface area contributed by atoms with Crippen molar-refractivity contribution in [1.82, 2.24) is 10.2 Å². The van der Waals surface area contributed by atoms with Gasteiger partial charge in [0.1, 0.15) is 10.8 Å². The maximum Gasteiger partial charge on any atom is 0.261 e. The van der Waals surface area contributed by atoms with Gasteiger partial charge in [-0.15, -0.1) is 10.2 Å². The fraction of sp³-hybridized carbons (Fsp3) is 0.308. The molecule has 0 fully saturated rings. The molecule has 2 rings (SSSR count). The van der Waals surface area contributed by atoms with Crippen LogP contribution in [-0.2, 0) is 0 Å². The summed E-state index contributed by atoms with van der Waals surface area (Å²) in [6.45, 7) is 5.87. The second-order valence-electron chi connectivity index (χ2n) is 4.57. The number of nitrogens with zero attached hydrogens (tertiary/aromatic N) is 2. The minimum atomic E-state index is -0.385. The monoisotopic (exact) mass is 277 g/mol. The minimum absolute atomic E-state index is 0.0360. The van der Waals surface area contributed by atoms with Gasteiger partial charge in [0.05, 0.1) is 5.56 Å². The van der Waals surface area contributed by atoms with E-state index in [1.54, 1.807) is 18.2 Å². The highest BCUT2D eigenvalue weighted by Crippen LogP contribution is 2.24. The third kappa shape index (κ3) is 3.08. The number of phenols is 1. The Bertz CT molecular complexity index is 608. The molecule has 5 nitrogen and oxygen atoms in total. The van der Waals surface area contributed by atoms with E-state index in [-0.39, 0.29) is 23.1 Å². The number of benzene rings is 1. The molecular weight excluding hydrogens is 262 g/mol. The van der Waals surface area contributed by atoms with Crippen molar-refractivity contribution < 1.29 is 9.90 Å². The minimum Gasteiger partial charge on any atom is -0.507 e. The van der Waals surface area contributed by atoms with E-state index < -0.39 is 0 Å². The number of rotatable bonds is 3. The second-order valence-corrected chi connectivity index (χ2v) is 5.58. The summed E-state index contributed by atoms with van der Waals surface area (Å²) in [6.07, 6.45) is 0. The van der Waals surface area contributed by atoms with Crippen molar-refractivity contribution in [2.24, 2.45) is 0 Å². The summed E-state index contributed by atoms with van der Waals surface area (Å²) in [4.78, 5) is 12.0. The molecule has 0 unspecified atom stereocenters. The summed E-state index contributed by atoms with van der Waals surface area (Å²) in [5.41, 5.74) is 1.12. The first-order valence-corrected chi connectivity index (χ1v) is 6.73. The van der Waals surface area contributed by atoms with Crippen LogP contribution in [0.3, 0.4) is 0 Å². The van der Waals surface area contributed by atoms with Gasteiger partial charge in [0, 0.05) is 5.92 Å². The number of amides is 1. The maximum atomic E-state index is 12.0. The van der Waals surface area contributed by atoms with E-state index in [9.17, 15) is 9.90 Å². The highest BCUT2D eigenvalue weighted by molar-refractivity contribution is 7.15. The van der Waals surface area contributed by atoms with Crippen LogP contribution in [0.15, 0.2) is 18.2 Å². The quantitative estimate of drug-likeness (QED) is 0.904. The van der Waals surface area contributed by atoms with Crippen molar-refractivity contribution in [3.8, 4) is 5.75 Å². The van der Waals surface area contributed by atoms with E-state index in [0.29, 0.717) is 5.13 Å². The molecule has 0 atom stereocenters. The predicted molar refractivity (Wildman–Crippen MR) is 74.8 cm³/mol. The van der Waals surface area contributed by atoms with E-state index in [4.69, 9.17) is 0 Å². The number of carbonyl (C=O) groups excluding carboxylic acids is 1. The molecule has 0 bridgehead atoms. The molecule has 100 valence electrons. The van der Waals surface area contributed by atoms with Gasteiger partial charge < -0.3 is 5.11 Å². The molecule has 0 aliphatic heterocycles. The van der Waals surface area contributed by atoms with Gasteiger partial charge in [-0.25, -0.2) is 0 Å². The van der Waals surface area contributed by atoms with Crippen LogP contribution in [0.25, 0.3) is 0 Å². The molecule has 0 saturated heterocycles. The number of phenolic OH excluding ortho intramolecular Hbond substituents is 1. The zero-order valence-electron chi connectivity index (χ0n) is 11.0. The lowest BCUT2D eigenvalue weighted by Crippen LogP contribution is -2.11. The first-order valence-electron chi connectivity index (χ1n) is 5.91. The molecule has 19 heavy (non-hydrogen) atoms. The molecule has 1 aromatic carbocycles. The third-order valence-corrected chi connectivity index (χ3v) is 3.69. The summed E-state index contributed by atoms with van der Waals surface area (Å²) in [5.74, 6) is -0.147. The average Bonchev–Trinajstić information content (AvgIpc) is 2.77. The molecule has 2 N–H and O–H groups in total. The summed E-state index contributed by atoms with van der Waals surface area (Å²) in [7, 11) is 0. The zero-order valence-corrected chi connectivity index (χ0v) is 11.8. The van der Waals surface area contributed by atoms with Gasteiger partial charge in [0.15, 0.2) is 0 Å². The molecule has 0 aliphatic carbocycles. The Labute approximate surface area is 115 Å². The van der Waals surface area contributed by atoms with Gasteiger partial charge in [-0.05, 0) is 24.6 Å². The standard InChI is InChI=1S/C13H15N3O2S/c1-7(2)12-15-16-13(19-12)14-11(18)9-5-4-8(3)6-10(9)17/h4-7,17H,1-3H3,(H,14,16,18). The van der Waals surface area contributed by atoms with E-state index >= 15 is 0 Å². The van der Waals surface area contributed by atoms with Crippen LogP contribution in [0.1, 0.15) is 40.7 Å². The molecule has 1 heterocycles. The lowest BCUT2D eigenvalue weighted by atomic mass is 10.1. The van der Waals surface area contributed by atoms with E-state index in [1.165, 1.54) is 11.3 Å². The van der Waals surface area contributed by atoms with Gasteiger partial charge in [-0.2, -0.15) is 0 Å². The average molecular weight is 277 g/mol. The molecular formula is C13H15N3O2S. The summed E-state index contributed by atoms with van der Waals surface area (Å²) < 4.78 is 0. The fourth-order valence-electron chi connectivity index (χ4n) is 1.52. The van der Waals surface area contributed by atoms with Crippen molar-refractivity contribution in [3.05, 3.63) is 34.3 Å². The number of aryl methyl sites for hydroxylation is 1. The normalized spacial score (nSPS) is 10.7. The lowest BCUT2D eigenvalue weighted by molar-refractivity contribution is 0.102. The van der Waals surface area contributed by atoms with Gasteiger partial charge in [-0.1, -0.05) is 31.3 Å². The number of nitrogens with one attached hydrogen (secondary N) is 1. The van der Waals surface area contributed by atoms with E-state index in [2.05, 4.69) is 15.5 Å². The molecule has 6 heteroatoms. The van der Waals surface area contributed by atoms with Crippen molar-refractivity contribution in [2.75, 3.05) is 5.32 Å². The summed E-state index contributed by atoms with van der Waals surface area (Å²) in [6, 6.07) is 4.91. The Morgan fingerprint density at radius 2 is 2.11 bits per heavy atom. The van der Waals surface area contributed by atoms with Crippen molar-refractivity contribution >= 4 is 22.4 Å². The van der Waals surface area contributed by atoms with Crippen molar-refractivity contribution in [2.45, 2.75) is 26.7 Å². The van der Waals surface area contributed by atoms with Crippen LogP contribution >= 0.6 is 11.3 Å². The Kier molecular flexibility index (Phi) is 3.80. The number of hydrogen-bond acceptors (Lipinski definition) is 5. The molecule has 2 aromatic rings. The molecule has 0 spiro atoms. The number of carbonyl (C=O) groups is 1. The Hall–Kier alpha value is -1.95. The Morgan fingerprint density at radius 3 is 2.68 bits per heavy atom. The summed E-state index contributed by atoms with van der Waals surface area (Å²) in [5, 5.41) is 21.6. The van der Waals surface area contributed by atoms with Gasteiger partial charge in [0.25, 0.3) is 5.91 Å². The van der Waals surface area contributed by atoms with Crippen molar-refractivity contribution in [1.29, 1.82) is 0 Å². The number of aromatic hydroxyl groups is 1. The topological polar surface area (TPSA) is 75.1 Å². The van der Waals surface area contributed by atoms with Crippen molar-refractivity contribution in [3.63, 3.8) is 0 Å². The second kappa shape index (κ2) is 5.36. The van der Waals surface area contributed by atoms with Gasteiger partial charge >= 0.3 is 0 Å². The smallest absolute Gasteiger partial charge is 0.261 e. The fourth-order valence-corrected chi connectivity index (χ4v) is 2.26. The van der Waals surface area contributed by atoms with Crippen LogP contribution in [0.2, 0.25) is 0 Å². The first kappa shape index (κ1) is 13.5. The SMILES string of the molecule is Cc1ccc(C(=O)Nc2nnc(C(C)C)s2)c(O)c1. The zero-order chi connectivity index (χ0) is 14.0.